The van der Waals surface area contributed by atoms with Crippen molar-refractivity contribution in [2.45, 2.75) is 6.54 Å². The van der Waals surface area contributed by atoms with Gasteiger partial charge in [-0.3, -0.25) is 9.36 Å². The Labute approximate surface area is 174 Å². The number of aromatic nitrogens is 6. The molecule has 0 aromatic carbocycles. The van der Waals surface area contributed by atoms with E-state index in [0.29, 0.717) is 43.0 Å². The lowest BCUT2D eigenvalue weighted by Gasteiger charge is -2.28. The summed E-state index contributed by atoms with van der Waals surface area (Å²) in [6.07, 6.45) is 3.99. The van der Waals surface area contributed by atoms with E-state index in [4.69, 9.17) is 4.74 Å². The van der Waals surface area contributed by atoms with Crippen molar-refractivity contribution in [3.8, 4) is 0 Å². The molecule has 158 valence electrons. The lowest BCUT2D eigenvalue weighted by Crippen LogP contribution is -2.36. The molecule has 0 aliphatic carbocycles. The van der Waals surface area contributed by atoms with Gasteiger partial charge < -0.3 is 15.0 Å². The lowest BCUT2D eigenvalue weighted by molar-refractivity contribution is -0.116. The molecular weight excluding hydrogens is 407 g/mol. The van der Waals surface area contributed by atoms with Gasteiger partial charge in [0, 0.05) is 13.1 Å². The number of carbonyl (C=O) groups excluding carboxylic acids is 1. The highest BCUT2D eigenvalue weighted by Gasteiger charge is 2.19. The van der Waals surface area contributed by atoms with Gasteiger partial charge in [0.1, 0.15) is 30.0 Å². The monoisotopic (exact) mass is 424 g/mol. The average Bonchev–Trinajstić information content (AvgIpc) is 3.29. The second kappa shape index (κ2) is 7.72. The van der Waals surface area contributed by atoms with Gasteiger partial charge in [-0.05, 0) is 18.2 Å². The highest BCUT2D eigenvalue weighted by atomic mass is 19.1. The van der Waals surface area contributed by atoms with E-state index in [1.807, 2.05) is 6.07 Å². The summed E-state index contributed by atoms with van der Waals surface area (Å²) in [6, 6.07) is 4.34. The van der Waals surface area contributed by atoms with Gasteiger partial charge >= 0.3 is 5.69 Å². The maximum atomic E-state index is 13.1. The van der Waals surface area contributed by atoms with Crippen LogP contribution in [0.4, 0.5) is 15.9 Å². The largest absolute Gasteiger partial charge is 0.378 e. The van der Waals surface area contributed by atoms with Crippen molar-refractivity contribution in [3.05, 3.63) is 53.2 Å². The number of halogens is 1. The number of hydrogen-bond acceptors (Lipinski definition) is 8. The van der Waals surface area contributed by atoms with Crippen LogP contribution in [-0.4, -0.2) is 61.3 Å². The molecule has 0 radical (unpaired) electrons. The second-order valence-electron chi connectivity index (χ2n) is 6.96. The number of carbonyl (C=O) groups is 1. The number of nitrogens with one attached hydrogen (secondary N) is 1. The van der Waals surface area contributed by atoms with Crippen LogP contribution in [0.2, 0.25) is 0 Å². The first kappa shape index (κ1) is 19.1. The molecule has 0 atom stereocenters. The van der Waals surface area contributed by atoms with E-state index < -0.39 is 17.4 Å². The predicted molar refractivity (Wildman–Crippen MR) is 108 cm³/mol. The summed E-state index contributed by atoms with van der Waals surface area (Å²) in [7, 11) is 0. The zero-order valence-corrected chi connectivity index (χ0v) is 16.2. The molecule has 5 rings (SSSR count). The summed E-state index contributed by atoms with van der Waals surface area (Å²) in [6.45, 7) is 2.29. The van der Waals surface area contributed by atoms with Crippen LogP contribution in [0, 0.1) is 5.82 Å². The summed E-state index contributed by atoms with van der Waals surface area (Å²) >= 11 is 0. The fraction of sp³-hybridized carbons (Fsp3) is 0.263. The van der Waals surface area contributed by atoms with Crippen molar-refractivity contribution in [1.29, 1.82) is 0 Å². The number of nitrogens with zero attached hydrogens (tertiary/aromatic N) is 7. The van der Waals surface area contributed by atoms with Crippen LogP contribution < -0.4 is 15.9 Å². The van der Waals surface area contributed by atoms with Gasteiger partial charge in [-0.15, -0.1) is 10.2 Å². The van der Waals surface area contributed by atoms with Gasteiger partial charge in [0.15, 0.2) is 5.65 Å². The molecule has 1 aliphatic rings. The fourth-order valence-corrected chi connectivity index (χ4v) is 3.51. The number of rotatable bonds is 4. The van der Waals surface area contributed by atoms with Crippen molar-refractivity contribution in [2.75, 3.05) is 36.5 Å². The SMILES string of the molecule is O=C(Cn1c(=O)n2cnnc2c2ncc(N3CCOCC3)cc21)Nc1ccc(F)cn1. The Morgan fingerprint density at radius 1 is 1.19 bits per heavy atom. The fourth-order valence-electron chi connectivity index (χ4n) is 3.51. The summed E-state index contributed by atoms with van der Waals surface area (Å²) in [4.78, 5) is 36.1. The Morgan fingerprint density at radius 2 is 2.03 bits per heavy atom. The average molecular weight is 424 g/mol. The van der Waals surface area contributed by atoms with E-state index in [0.717, 1.165) is 11.9 Å². The Bertz CT molecular complexity index is 1330. The number of ether oxygens (including phenoxy) is 1. The standard InChI is InChI=1S/C19H17FN8O3/c20-12-1-2-15(21-8-12)24-16(29)10-27-14-7-13(26-3-5-31-6-4-26)9-22-17(14)18-25-23-11-28(18)19(27)30/h1-2,7-9,11H,3-6,10H2,(H,21,24,29). The molecule has 1 N–H and O–H groups in total. The zero-order chi connectivity index (χ0) is 21.4. The Morgan fingerprint density at radius 3 is 2.81 bits per heavy atom. The van der Waals surface area contributed by atoms with Crippen LogP contribution >= 0.6 is 0 Å². The third-order valence-corrected chi connectivity index (χ3v) is 5.01. The van der Waals surface area contributed by atoms with Crippen molar-refractivity contribution in [1.82, 2.24) is 29.1 Å². The quantitative estimate of drug-likeness (QED) is 0.502. The van der Waals surface area contributed by atoms with Gasteiger partial charge in [-0.25, -0.2) is 23.6 Å². The molecule has 1 aliphatic heterocycles. The summed E-state index contributed by atoms with van der Waals surface area (Å²) in [5.41, 5.74) is 1.55. The molecule has 11 nitrogen and oxygen atoms in total. The Kier molecular flexibility index (Phi) is 4.75. The highest BCUT2D eigenvalue weighted by Crippen LogP contribution is 2.22. The molecule has 4 aromatic rings. The maximum Gasteiger partial charge on any atom is 0.336 e. The number of amides is 1. The molecule has 1 amide bonds. The van der Waals surface area contributed by atoms with E-state index >= 15 is 0 Å². The third kappa shape index (κ3) is 3.57. The first-order chi connectivity index (χ1) is 15.1. The lowest BCUT2D eigenvalue weighted by atomic mass is 10.2. The summed E-state index contributed by atoms with van der Waals surface area (Å²) in [5, 5.41) is 10.4. The van der Waals surface area contributed by atoms with E-state index in [1.165, 1.54) is 27.4 Å². The third-order valence-electron chi connectivity index (χ3n) is 5.01. The van der Waals surface area contributed by atoms with Gasteiger partial charge in [0.2, 0.25) is 5.91 Å². The topological polar surface area (TPSA) is 120 Å². The van der Waals surface area contributed by atoms with Gasteiger partial charge in [-0.2, -0.15) is 0 Å². The minimum Gasteiger partial charge on any atom is -0.378 e. The van der Waals surface area contributed by atoms with Crippen LogP contribution in [0.3, 0.4) is 0 Å². The number of fused-ring (bicyclic) bond motifs is 3. The summed E-state index contributed by atoms with van der Waals surface area (Å²) < 4.78 is 21.0. The van der Waals surface area contributed by atoms with Crippen molar-refractivity contribution in [2.24, 2.45) is 0 Å². The maximum absolute atomic E-state index is 13.1. The molecule has 1 fully saturated rings. The minimum atomic E-state index is -0.514. The van der Waals surface area contributed by atoms with Crippen LogP contribution in [0.5, 0.6) is 0 Å². The number of anilines is 2. The molecule has 0 unspecified atom stereocenters. The van der Waals surface area contributed by atoms with E-state index in [9.17, 15) is 14.0 Å². The first-order valence-corrected chi connectivity index (χ1v) is 9.56. The van der Waals surface area contributed by atoms with Crippen LogP contribution in [0.1, 0.15) is 0 Å². The Hall–Kier alpha value is -3.93. The van der Waals surface area contributed by atoms with E-state index in [1.54, 1.807) is 6.20 Å². The number of morpholine rings is 1. The van der Waals surface area contributed by atoms with Crippen LogP contribution in [-0.2, 0) is 16.1 Å². The van der Waals surface area contributed by atoms with Gasteiger partial charge in [0.05, 0.1) is 36.8 Å². The van der Waals surface area contributed by atoms with Crippen molar-refractivity contribution < 1.29 is 13.9 Å². The predicted octanol–water partition coefficient (Wildman–Crippen LogP) is 0.449. The zero-order valence-electron chi connectivity index (χ0n) is 16.2. The molecular formula is C19H17FN8O3. The highest BCUT2D eigenvalue weighted by molar-refractivity contribution is 5.93. The Balaban J connectivity index is 1.56. The molecule has 4 aromatic heterocycles. The molecule has 0 bridgehead atoms. The molecule has 1 saturated heterocycles. The first-order valence-electron chi connectivity index (χ1n) is 9.56. The van der Waals surface area contributed by atoms with E-state index in [-0.39, 0.29) is 12.4 Å². The summed E-state index contributed by atoms with van der Waals surface area (Å²) in [5.74, 6) is -0.826. The van der Waals surface area contributed by atoms with Crippen molar-refractivity contribution in [3.63, 3.8) is 0 Å². The van der Waals surface area contributed by atoms with Gasteiger partial charge in [-0.1, -0.05) is 0 Å². The molecule has 31 heavy (non-hydrogen) atoms. The number of pyridine rings is 2. The minimum absolute atomic E-state index is 0.182. The molecule has 0 spiro atoms. The van der Waals surface area contributed by atoms with Gasteiger partial charge in [0.25, 0.3) is 0 Å². The van der Waals surface area contributed by atoms with Crippen LogP contribution in [0.25, 0.3) is 16.7 Å². The number of hydrogen-bond donors (Lipinski definition) is 1. The normalized spacial score (nSPS) is 14.3. The molecule has 12 heteroatoms. The van der Waals surface area contributed by atoms with Crippen molar-refractivity contribution >= 4 is 34.1 Å². The molecule has 0 saturated carbocycles. The van der Waals surface area contributed by atoms with Crippen LogP contribution in [0.15, 0.2) is 41.7 Å². The van der Waals surface area contributed by atoms with E-state index in [2.05, 4.69) is 30.4 Å². The molecule has 5 heterocycles. The smallest absolute Gasteiger partial charge is 0.336 e. The second-order valence-corrected chi connectivity index (χ2v) is 6.96.